The summed E-state index contributed by atoms with van der Waals surface area (Å²) in [5.74, 6) is 0.0937. The molecule has 1 aromatic rings. The van der Waals surface area contributed by atoms with Gasteiger partial charge in [-0.3, -0.25) is 4.79 Å². The second-order valence-corrected chi connectivity index (χ2v) is 5.35. The van der Waals surface area contributed by atoms with Gasteiger partial charge in [0.15, 0.2) is 0 Å². The molecule has 1 heterocycles. The van der Waals surface area contributed by atoms with Crippen molar-refractivity contribution < 1.29 is 4.79 Å². The third-order valence-electron chi connectivity index (χ3n) is 2.72. The summed E-state index contributed by atoms with van der Waals surface area (Å²) in [5.41, 5.74) is 5.56. The zero-order valence-electron chi connectivity index (χ0n) is 11.4. The van der Waals surface area contributed by atoms with E-state index in [1.54, 1.807) is 6.20 Å². The van der Waals surface area contributed by atoms with Gasteiger partial charge in [0.25, 0.3) is 0 Å². The fourth-order valence-corrected chi connectivity index (χ4v) is 1.59. The quantitative estimate of drug-likeness (QED) is 0.685. The van der Waals surface area contributed by atoms with Crippen molar-refractivity contribution in [2.45, 2.75) is 51.6 Å². The van der Waals surface area contributed by atoms with Crippen LogP contribution >= 0.6 is 0 Å². The first-order chi connectivity index (χ1) is 8.47. The molecule has 1 aromatic heterocycles. The second kappa shape index (κ2) is 7.16. The molecule has 0 aliphatic carbocycles. The Bertz CT molecular complexity index is 340. The van der Waals surface area contributed by atoms with Crippen LogP contribution in [-0.4, -0.2) is 27.5 Å². The Labute approximate surface area is 109 Å². The van der Waals surface area contributed by atoms with Crippen LogP contribution in [0.4, 0.5) is 0 Å². The van der Waals surface area contributed by atoms with Gasteiger partial charge >= 0.3 is 0 Å². The van der Waals surface area contributed by atoms with Crippen LogP contribution in [0.15, 0.2) is 18.7 Å². The lowest BCUT2D eigenvalue weighted by Crippen LogP contribution is -2.34. The van der Waals surface area contributed by atoms with E-state index in [1.165, 1.54) is 0 Å². The van der Waals surface area contributed by atoms with Crippen molar-refractivity contribution in [3.8, 4) is 0 Å². The Morgan fingerprint density at radius 3 is 2.83 bits per heavy atom. The fraction of sp³-hybridized carbons (Fsp3) is 0.692. The number of amides is 1. The van der Waals surface area contributed by atoms with Crippen molar-refractivity contribution in [1.29, 1.82) is 0 Å². The molecule has 5 nitrogen and oxygen atoms in total. The number of nitrogens with two attached hydrogens (primary N) is 1. The molecule has 0 fully saturated rings. The van der Waals surface area contributed by atoms with Crippen LogP contribution in [0.25, 0.3) is 0 Å². The van der Waals surface area contributed by atoms with Crippen LogP contribution in [0.5, 0.6) is 0 Å². The molecule has 18 heavy (non-hydrogen) atoms. The first-order valence-corrected chi connectivity index (χ1v) is 6.49. The molecule has 102 valence electrons. The zero-order chi connectivity index (χ0) is 13.4. The van der Waals surface area contributed by atoms with E-state index < -0.39 is 0 Å². The Balaban J connectivity index is 1.99. The van der Waals surface area contributed by atoms with Gasteiger partial charge in [-0.1, -0.05) is 0 Å². The first-order valence-electron chi connectivity index (χ1n) is 6.49. The second-order valence-electron chi connectivity index (χ2n) is 5.35. The van der Waals surface area contributed by atoms with Crippen molar-refractivity contribution >= 4 is 5.91 Å². The molecule has 1 rings (SSSR count). The topological polar surface area (TPSA) is 72.9 Å². The van der Waals surface area contributed by atoms with Gasteiger partial charge in [-0.25, -0.2) is 4.98 Å². The van der Waals surface area contributed by atoms with Crippen molar-refractivity contribution in [3.63, 3.8) is 0 Å². The maximum atomic E-state index is 11.5. The van der Waals surface area contributed by atoms with Gasteiger partial charge in [0.2, 0.25) is 5.91 Å². The van der Waals surface area contributed by atoms with Crippen LogP contribution in [0.1, 0.15) is 39.5 Å². The largest absolute Gasteiger partial charge is 0.356 e. The molecule has 0 bridgehead atoms. The lowest BCUT2D eigenvalue weighted by molar-refractivity contribution is -0.121. The van der Waals surface area contributed by atoms with Crippen molar-refractivity contribution in [1.82, 2.24) is 14.9 Å². The highest BCUT2D eigenvalue weighted by Crippen LogP contribution is 2.06. The van der Waals surface area contributed by atoms with Gasteiger partial charge in [-0.15, -0.1) is 0 Å². The highest BCUT2D eigenvalue weighted by molar-refractivity contribution is 5.75. The Kier molecular flexibility index (Phi) is 5.85. The summed E-state index contributed by atoms with van der Waals surface area (Å²) in [4.78, 5) is 15.5. The summed E-state index contributed by atoms with van der Waals surface area (Å²) in [5, 5.41) is 2.92. The van der Waals surface area contributed by atoms with Crippen molar-refractivity contribution in [2.24, 2.45) is 5.73 Å². The number of imidazole rings is 1. The number of carbonyl (C=O) groups excluding carboxylic acids is 1. The predicted molar refractivity (Wildman–Crippen MR) is 72.0 cm³/mol. The Morgan fingerprint density at radius 2 is 2.22 bits per heavy atom. The molecule has 0 saturated carbocycles. The predicted octanol–water partition coefficient (Wildman–Crippen LogP) is 1.30. The maximum Gasteiger partial charge on any atom is 0.220 e. The minimum Gasteiger partial charge on any atom is -0.356 e. The zero-order valence-corrected chi connectivity index (χ0v) is 11.4. The maximum absolute atomic E-state index is 11.5. The Morgan fingerprint density at radius 1 is 1.44 bits per heavy atom. The van der Waals surface area contributed by atoms with Gasteiger partial charge in [0.1, 0.15) is 0 Å². The average molecular weight is 252 g/mol. The molecule has 0 radical (unpaired) electrons. The van der Waals surface area contributed by atoms with E-state index in [4.69, 9.17) is 5.73 Å². The van der Waals surface area contributed by atoms with E-state index in [1.807, 2.05) is 30.9 Å². The molecule has 0 unspecified atom stereocenters. The molecular weight excluding hydrogens is 228 g/mol. The summed E-state index contributed by atoms with van der Waals surface area (Å²) >= 11 is 0. The minimum atomic E-state index is -0.265. The number of rotatable bonds is 8. The molecule has 0 aliphatic rings. The highest BCUT2D eigenvalue weighted by Gasteiger charge is 2.12. The van der Waals surface area contributed by atoms with E-state index in [9.17, 15) is 4.79 Å². The molecule has 5 heteroatoms. The molecule has 0 aliphatic heterocycles. The highest BCUT2D eigenvalue weighted by atomic mass is 16.1. The molecular formula is C13H24N4O. The van der Waals surface area contributed by atoms with Crippen molar-refractivity contribution in [2.75, 3.05) is 6.54 Å². The lowest BCUT2D eigenvalue weighted by atomic mass is 10.00. The number of hydrogen-bond donors (Lipinski definition) is 2. The first kappa shape index (κ1) is 14.7. The number of unbranched alkanes of at least 4 members (excludes halogenated alkanes) is 1. The van der Waals surface area contributed by atoms with Crippen LogP contribution in [0, 0.1) is 0 Å². The number of aryl methyl sites for hydroxylation is 1. The van der Waals surface area contributed by atoms with E-state index in [0.29, 0.717) is 12.8 Å². The van der Waals surface area contributed by atoms with E-state index >= 15 is 0 Å². The molecule has 0 spiro atoms. The fourth-order valence-electron chi connectivity index (χ4n) is 1.59. The summed E-state index contributed by atoms with van der Waals surface area (Å²) in [6.45, 7) is 5.56. The molecule has 0 aromatic carbocycles. The molecule has 0 saturated heterocycles. The minimum absolute atomic E-state index is 0.0937. The summed E-state index contributed by atoms with van der Waals surface area (Å²) in [6.07, 6.45) is 8.77. The van der Waals surface area contributed by atoms with Crippen LogP contribution in [-0.2, 0) is 11.3 Å². The molecule has 0 atom stereocenters. The van der Waals surface area contributed by atoms with Crippen LogP contribution in [0.2, 0.25) is 0 Å². The Hall–Kier alpha value is -1.36. The third kappa shape index (κ3) is 7.06. The smallest absolute Gasteiger partial charge is 0.220 e. The summed E-state index contributed by atoms with van der Waals surface area (Å²) < 4.78 is 2.04. The normalized spacial score (nSPS) is 11.5. The van der Waals surface area contributed by atoms with E-state index in [2.05, 4.69) is 10.3 Å². The SMILES string of the molecule is CC(C)(N)CCC(=O)NCCCCn1ccnc1. The summed E-state index contributed by atoms with van der Waals surface area (Å²) in [7, 11) is 0. The molecule has 3 N–H and O–H groups in total. The number of nitrogens with zero attached hydrogens (tertiary/aromatic N) is 2. The van der Waals surface area contributed by atoms with Crippen LogP contribution < -0.4 is 11.1 Å². The standard InChI is InChI=1S/C13H24N4O/c1-13(2,14)6-5-12(18)16-7-3-4-9-17-10-8-15-11-17/h8,10-11H,3-7,9,14H2,1-2H3,(H,16,18). The summed E-state index contributed by atoms with van der Waals surface area (Å²) in [6, 6.07) is 0. The monoisotopic (exact) mass is 252 g/mol. The van der Waals surface area contributed by atoms with Crippen LogP contribution in [0.3, 0.4) is 0 Å². The number of aromatic nitrogens is 2. The van der Waals surface area contributed by atoms with E-state index in [0.717, 1.165) is 25.9 Å². The number of carbonyl (C=O) groups is 1. The van der Waals surface area contributed by atoms with Gasteiger partial charge in [0.05, 0.1) is 6.33 Å². The van der Waals surface area contributed by atoms with Crippen molar-refractivity contribution in [3.05, 3.63) is 18.7 Å². The third-order valence-corrected chi connectivity index (χ3v) is 2.72. The average Bonchev–Trinajstić information content (AvgIpc) is 2.78. The number of nitrogens with one attached hydrogen (secondary N) is 1. The molecule has 1 amide bonds. The number of hydrogen-bond acceptors (Lipinski definition) is 3. The van der Waals surface area contributed by atoms with Gasteiger partial charge < -0.3 is 15.6 Å². The van der Waals surface area contributed by atoms with Gasteiger partial charge in [-0.2, -0.15) is 0 Å². The lowest BCUT2D eigenvalue weighted by Gasteiger charge is -2.17. The van der Waals surface area contributed by atoms with Gasteiger partial charge in [0, 0.05) is 37.4 Å². The van der Waals surface area contributed by atoms with Gasteiger partial charge in [-0.05, 0) is 33.1 Å². The van der Waals surface area contributed by atoms with E-state index in [-0.39, 0.29) is 11.4 Å².